The molecule has 0 bridgehead atoms. The zero-order valence-electron chi connectivity index (χ0n) is 10.4. The lowest BCUT2D eigenvalue weighted by molar-refractivity contribution is -0.0505. The van der Waals surface area contributed by atoms with E-state index in [0.717, 1.165) is 10.2 Å². The van der Waals surface area contributed by atoms with Crippen molar-refractivity contribution in [1.29, 1.82) is 0 Å². The zero-order valence-corrected chi connectivity index (χ0v) is 12.0. The second-order valence-electron chi connectivity index (χ2n) is 3.95. The van der Waals surface area contributed by atoms with Gasteiger partial charge >= 0.3 is 6.61 Å². The van der Waals surface area contributed by atoms with Crippen LogP contribution in [0.1, 0.15) is 11.3 Å². The fourth-order valence-electron chi connectivity index (χ4n) is 1.65. The number of hydrogen-bond acceptors (Lipinski definition) is 4. The van der Waals surface area contributed by atoms with E-state index < -0.39 is 6.61 Å². The van der Waals surface area contributed by atoms with Gasteiger partial charge in [0.1, 0.15) is 5.75 Å². The van der Waals surface area contributed by atoms with E-state index in [1.807, 2.05) is 6.07 Å². The molecule has 0 unspecified atom stereocenters. The molecule has 2 aromatic rings. The predicted molar refractivity (Wildman–Crippen MR) is 73.3 cm³/mol. The van der Waals surface area contributed by atoms with E-state index >= 15 is 0 Å². The van der Waals surface area contributed by atoms with Gasteiger partial charge in [-0.2, -0.15) is 19.0 Å². The zero-order chi connectivity index (χ0) is 14.4. The highest BCUT2D eigenvalue weighted by molar-refractivity contribution is 9.10. The van der Waals surface area contributed by atoms with E-state index in [0.29, 0.717) is 18.7 Å². The van der Waals surface area contributed by atoms with Crippen molar-refractivity contribution >= 4 is 15.9 Å². The Morgan fingerprint density at radius 1 is 1.25 bits per heavy atom. The van der Waals surface area contributed by atoms with Crippen LogP contribution in [-0.2, 0) is 13.1 Å². The van der Waals surface area contributed by atoms with E-state index in [9.17, 15) is 8.78 Å². The largest absolute Gasteiger partial charge is 0.434 e. The van der Waals surface area contributed by atoms with Crippen molar-refractivity contribution in [3.63, 3.8) is 0 Å². The van der Waals surface area contributed by atoms with E-state index in [2.05, 4.69) is 36.2 Å². The molecule has 0 aliphatic carbocycles. The molecule has 7 heteroatoms. The smallest absolute Gasteiger partial charge is 0.387 e. The second kappa shape index (κ2) is 7.25. The highest BCUT2D eigenvalue weighted by Gasteiger charge is 2.10. The van der Waals surface area contributed by atoms with Gasteiger partial charge in [0, 0.05) is 29.3 Å². The van der Waals surface area contributed by atoms with Crippen LogP contribution < -0.4 is 10.1 Å². The van der Waals surface area contributed by atoms with Crippen LogP contribution in [0.25, 0.3) is 0 Å². The Morgan fingerprint density at radius 3 is 2.80 bits per heavy atom. The molecule has 4 nitrogen and oxygen atoms in total. The summed E-state index contributed by atoms with van der Waals surface area (Å²) in [6.07, 6.45) is 1.59. The van der Waals surface area contributed by atoms with Crippen molar-refractivity contribution < 1.29 is 13.5 Å². The van der Waals surface area contributed by atoms with Gasteiger partial charge in [-0.05, 0) is 30.3 Å². The molecule has 2 rings (SSSR count). The molecule has 1 aromatic carbocycles. The van der Waals surface area contributed by atoms with Gasteiger partial charge in [0.25, 0.3) is 0 Å². The molecule has 1 N–H and O–H groups in total. The van der Waals surface area contributed by atoms with Gasteiger partial charge in [0.15, 0.2) is 0 Å². The van der Waals surface area contributed by atoms with Crippen molar-refractivity contribution in [2.75, 3.05) is 0 Å². The summed E-state index contributed by atoms with van der Waals surface area (Å²) in [4.78, 5) is 0. The van der Waals surface area contributed by atoms with Gasteiger partial charge < -0.3 is 10.1 Å². The van der Waals surface area contributed by atoms with Gasteiger partial charge in [0.05, 0.1) is 5.69 Å². The lowest BCUT2D eigenvalue weighted by Crippen LogP contribution is -2.15. The van der Waals surface area contributed by atoms with Gasteiger partial charge in [-0.3, -0.25) is 0 Å². The van der Waals surface area contributed by atoms with Crippen molar-refractivity contribution in [2.45, 2.75) is 19.7 Å². The first kappa shape index (κ1) is 14.8. The number of rotatable bonds is 6. The normalized spacial score (nSPS) is 10.8. The summed E-state index contributed by atoms with van der Waals surface area (Å²) in [5.41, 5.74) is 1.42. The fraction of sp³-hybridized carbons (Fsp3) is 0.231. The molecule has 0 aliphatic heterocycles. The molecule has 0 spiro atoms. The first-order valence-corrected chi connectivity index (χ1v) is 6.65. The third-order valence-corrected chi connectivity index (χ3v) is 2.98. The summed E-state index contributed by atoms with van der Waals surface area (Å²) >= 11 is 3.31. The molecular formula is C13H12BrF2N3O. The summed E-state index contributed by atoms with van der Waals surface area (Å²) in [6.45, 7) is -1.96. The maximum atomic E-state index is 12.3. The first-order valence-electron chi connectivity index (χ1n) is 5.85. The Morgan fingerprint density at radius 2 is 2.10 bits per heavy atom. The number of nitrogens with one attached hydrogen (secondary N) is 1. The van der Waals surface area contributed by atoms with Crippen molar-refractivity contribution in [3.05, 3.63) is 52.3 Å². The Labute approximate surface area is 123 Å². The topological polar surface area (TPSA) is 47.0 Å². The molecule has 0 saturated heterocycles. The molecule has 106 valence electrons. The van der Waals surface area contributed by atoms with Crippen LogP contribution in [0.5, 0.6) is 5.75 Å². The molecular weight excluding hydrogens is 332 g/mol. The lowest BCUT2D eigenvalue weighted by atomic mass is 10.2. The summed E-state index contributed by atoms with van der Waals surface area (Å²) in [6, 6.07) is 8.52. The van der Waals surface area contributed by atoms with Gasteiger partial charge in [-0.25, -0.2) is 0 Å². The van der Waals surface area contributed by atoms with Crippen LogP contribution >= 0.6 is 15.9 Å². The molecule has 0 aliphatic rings. The summed E-state index contributed by atoms with van der Waals surface area (Å²) in [7, 11) is 0. The average Bonchev–Trinajstić information content (AvgIpc) is 2.42. The molecule has 20 heavy (non-hydrogen) atoms. The number of aromatic nitrogens is 2. The Bertz CT molecular complexity index is 555. The molecule has 0 atom stereocenters. The highest BCUT2D eigenvalue weighted by Crippen LogP contribution is 2.24. The Kier molecular flexibility index (Phi) is 5.37. The summed E-state index contributed by atoms with van der Waals surface area (Å²) in [5.74, 6) is 0.162. The molecule has 1 aromatic heterocycles. The second-order valence-corrected chi connectivity index (χ2v) is 4.86. The standard InChI is InChI=1S/C13H12BrF2N3O/c14-10-3-4-12(20-13(15)16)9(6-10)7-17-8-11-2-1-5-18-19-11/h1-6,13,17H,7-8H2. The van der Waals surface area contributed by atoms with Crippen LogP contribution in [0.3, 0.4) is 0 Å². The van der Waals surface area contributed by atoms with Crippen LogP contribution in [-0.4, -0.2) is 16.8 Å². The number of nitrogens with zero attached hydrogens (tertiary/aromatic N) is 2. The average molecular weight is 344 g/mol. The van der Waals surface area contributed by atoms with E-state index in [1.165, 1.54) is 6.07 Å². The number of halogens is 3. The minimum absolute atomic E-state index is 0.162. The van der Waals surface area contributed by atoms with Crippen LogP contribution in [0.4, 0.5) is 8.78 Å². The predicted octanol–water partition coefficient (Wildman–Crippen LogP) is 3.13. The Hall–Kier alpha value is -1.60. The molecule has 0 amide bonds. The quantitative estimate of drug-likeness (QED) is 0.875. The van der Waals surface area contributed by atoms with E-state index in [-0.39, 0.29) is 5.75 Å². The van der Waals surface area contributed by atoms with Gasteiger partial charge in [-0.1, -0.05) is 15.9 Å². The highest BCUT2D eigenvalue weighted by atomic mass is 79.9. The third kappa shape index (κ3) is 4.50. The number of hydrogen-bond donors (Lipinski definition) is 1. The Balaban J connectivity index is 1.99. The van der Waals surface area contributed by atoms with E-state index in [4.69, 9.17) is 0 Å². The number of alkyl halides is 2. The SMILES string of the molecule is FC(F)Oc1ccc(Br)cc1CNCc1cccnn1. The summed E-state index contributed by atoms with van der Waals surface area (Å²) in [5, 5.41) is 10.8. The van der Waals surface area contributed by atoms with Crippen molar-refractivity contribution in [3.8, 4) is 5.75 Å². The van der Waals surface area contributed by atoms with Crippen molar-refractivity contribution in [2.24, 2.45) is 0 Å². The van der Waals surface area contributed by atoms with Gasteiger partial charge in [0.2, 0.25) is 0 Å². The molecule has 0 fully saturated rings. The van der Waals surface area contributed by atoms with Crippen LogP contribution in [0.2, 0.25) is 0 Å². The molecule has 0 radical (unpaired) electrons. The minimum atomic E-state index is -2.84. The maximum absolute atomic E-state index is 12.3. The third-order valence-electron chi connectivity index (χ3n) is 2.49. The first-order chi connectivity index (χ1) is 9.65. The molecule has 1 heterocycles. The molecule has 0 saturated carbocycles. The minimum Gasteiger partial charge on any atom is -0.434 e. The number of benzene rings is 1. The number of ether oxygens (including phenoxy) is 1. The van der Waals surface area contributed by atoms with E-state index in [1.54, 1.807) is 24.4 Å². The van der Waals surface area contributed by atoms with Gasteiger partial charge in [-0.15, -0.1) is 0 Å². The van der Waals surface area contributed by atoms with Crippen molar-refractivity contribution in [1.82, 2.24) is 15.5 Å². The summed E-state index contributed by atoms with van der Waals surface area (Å²) < 4.78 is 29.9. The lowest BCUT2D eigenvalue weighted by Gasteiger charge is -2.11. The van der Waals surface area contributed by atoms with Crippen LogP contribution in [0.15, 0.2) is 41.0 Å². The fourth-order valence-corrected chi connectivity index (χ4v) is 2.06. The monoisotopic (exact) mass is 343 g/mol. The maximum Gasteiger partial charge on any atom is 0.387 e. The van der Waals surface area contributed by atoms with Crippen LogP contribution in [0, 0.1) is 0 Å².